The van der Waals surface area contributed by atoms with Crippen molar-refractivity contribution in [1.29, 1.82) is 0 Å². The third-order valence-corrected chi connectivity index (χ3v) is 6.76. The Morgan fingerprint density at radius 1 is 0.969 bits per heavy atom. The summed E-state index contributed by atoms with van der Waals surface area (Å²) in [6, 6.07) is 13.3. The Kier molecular flexibility index (Phi) is 8.14. The molecule has 0 atom stereocenters. The van der Waals surface area contributed by atoms with Crippen molar-refractivity contribution in [2.45, 2.75) is 32.5 Å². The summed E-state index contributed by atoms with van der Waals surface area (Å²) in [6.45, 7) is 7.05. The molecule has 0 saturated carbocycles. The van der Waals surface area contributed by atoms with E-state index < -0.39 is 0 Å². The molecule has 0 aromatic heterocycles. The number of piperidine rings is 1. The summed E-state index contributed by atoms with van der Waals surface area (Å²) in [5, 5.41) is 3.55. The standard InChI is InChI=1S/C25H31ClFN3O2/c26-23-2-1-3-24(27)22(23)18-29-10-8-21(9-11-29)25(31)28-16-19-4-6-20(7-5-19)17-30-12-14-32-15-13-30/h1-7,21H,8-18H2,(H,28,31). The average Bonchev–Trinajstić information content (AvgIpc) is 2.82. The molecule has 0 spiro atoms. The smallest absolute Gasteiger partial charge is 0.223 e. The minimum Gasteiger partial charge on any atom is -0.379 e. The lowest BCUT2D eigenvalue weighted by Crippen LogP contribution is -2.40. The van der Waals surface area contributed by atoms with Crippen LogP contribution in [0.15, 0.2) is 42.5 Å². The predicted molar refractivity (Wildman–Crippen MR) is 124 cm³/mol. The molecule has 0 radical (unpaired) electrons. The summed E-state index contributed by atoms with van der Waals surface area (Å²) in [4.78, 5) is 17.2. The van der Waals surface area contributed by atoms with E-state index in [0.29, 0.717) is 23.7 Å². The van der Waals surface area contributed by atoms with Gasteiger partial charge in [-0.1, -0.05) is 41.9 Å². The molecule has 2 saturated heterocycles. The molecule has 2 aromatic carbocycles. The van der Waals surface area contributed by atoms with Crippen molar-refractivity contribution in [3.05, 3.63) is 70.0 Å². The van der Waals surface area contributed by atoms with E-state index in [0.717, 1.165) is 64.3 Å². The first kappa shape index (κ1) is 23.2. The quantitative estimate of drug-likeness (QED) is 0.683. The molecule has 172 valence electrons. The number of carbonyl (C=O) groups excluding carboxylic acids is 1. The van der Waals surface area contributed by atoms with Crippen molar-refractivity contribution in [2.75, 3.05) is 39.4 Å². The molecule has 0 unspecified atom stereocenters. The summed E-state index contributed by atoms with van der Waals surface area (Å²) in [6.07, 6.45) is 1.55. The summed E-state index contributed by atoms with van der Waals surface area (Å²) < 4.78 is 19.4. The summed E-state index contributed by atoms with van der Waals surface area (Å²) >= 11 is 6.15. The van der Waals surface area contributed by atoms with Gasteiger partial charge in [-0.05, 0) is 49.2 Å². The topological polar surface area (TPSA) is 44.8 Å². The van der Waals surface area contributed by atoms with Crippen LogP contribution in [0.25, 0.3) is 0 Å². The Hall–Kier alpha value is -1.99. The van der Waals surface area contributed by atoms with Gasteiger partial charge < -0.3 is 10.1 Å². The fourth-order valence-corrected chi connectivity index (χ4v) is 4.60. The van der Waals surface area contributed by atoms with E-state index in [9.17, 15) is 9.18 Å². The first-order chi connectivity index (χ1) is 15.6. The molecule has 0 bridgehead atoms. The second-order valence-electron chi connectivity index (χ2n) is 8.67. The molecule has 2 aromatic rings. The van der Waals surface area contributed by atoms with E-state index in [4.69, 9.17) is 16.3 Å². The molecule has 2 aliphatic rings. The number of morpholine rings is 1. The van der Waals surface area contributed by atoms with Gasteiger partial charge in [0.15, 0.2) is 0 Å². The average molecular weight is 460 g/mol. The normalized spacial score (nSPS) is 18.6. The zero-order chi connectivity index (χ0) is 22.3. The van der Waals surface area contributed by atoms with Crippen LogP contribution in [0, 0.1) is 11.7 Å². The number of nitrogens with one attached hydrogen (secondary N) is 1. The highest BCUT2D eigenvalue weighted by atomic mass is 35.5. The molecule has 2 fully saturated rings. The van der Waals surface area contributed by atoms with Crippen molar-refractivity contribution < 1.29 is 13.9 Å². The number of rotatable bonds is 7. The molecule has 32 heavy (non-hydrogen) atoms. The Morgan fingerprint density at radius 3 is 2.31 bits per heavy atom. The Labute approximate surface area is 194 Å². The van der Waals surface area contributed by atoms with Gasteiger partial charge in [0.2, 0.25) is 5.91 Å². The predicted octanol–water partition coefficient (Wildman–Crippen LogP) is 3.84. The lowest BCUT2D eigenvalue weighted by molar-refractivity contribution is -0.126. The third-order valence-electron chi connectivity index (χ3n) is 6.40. The largest absolute Gasteiger partial charge is 0.379 e. The second-order valence-corrected chi connectivity index (χ2v) is 9.08. The van der Waals surface area contributed by atoms with Crippen LogP contribution >= 0.6 is 11.6 Å². The Bertz CT molecular complexity index is 874. The van der Waals surface area contributed by atoms with Gasteiger partial charge in [0, 0.05) is 49.2 Å². The fourth-order valence-electron chi connectivity index (χ4n) is 4.37. The molecule has 1 amide bonds. The van der Waals surface area contributed by atoms with Crippen LogP contribution in [0.2, 0.25) is 5.02 Å². The van der Waals surface area contributed by atoms with Crippen molar-refractivity contribution in [3.63, 3.8) is 0 Å². The molecule has 4 rings (SSSR count). The van der Waals surface area contributed by atoms with Crippen LogP contribution in [-0.2, 0) is 29.2 Å². The molecule has 5 nitrogen and oxygen atoms in total. The van der Waals surface area contributed by atoms with Crippen LogP contribution in [0.3, 0.4) is 0 Å². The van der Waals surface area contributed by atoms with Gasteiger partial charge in [-0.3, -0.25) is 14.6 Å². The van der Waals surface area contributed by atoms with Crippen molar-refractivity contribution in [3.8, 4) is 0 Å². The van der Waals surface area contributed by atoms with Gasteiger partial charge >= 0.3 is 0 Å². The SMILES string of the molecule is O=C(NCc1ccc(CN2CCOCC2)cc1)C1CCN(Cc2c(F)cccc2Cl)CC1. The number of ether oxygens (including phenoxy) is 1. The lowest BCUT2D eigenvalue weighted by Gasteiger charge is -2.31. The van der Waals surface area contributed by atoms with E-state index >= 15 is 0 Å². The molecular weight excluding hydrogens is 429 g/mol. The van der Waals surface area contributed by atoms with Crippen molar-refractivity contribution in [2.24, 2.45) is 5.92 Å². The van der Waals surface area contributed by atoms with Crippen LogP contribution in [0.4, 0.5) is 4.39 Å². The number of nitrogens with zero attached hydrogens (tertiary/aromatic N) is 2. The monoisotopic (exact) mass is 459 g/mol. The maximum absolute atomic E-state index is 14.0. The number of carbonyl (C=O) groups is 1. The molecule has 1 N–H and O–H groups in total. The van der Waals surface area contributed by atoms with E-state index in [-0.39, 0.29) is 17.6 Å². The zero-order valence-electron chi connectivity index (χ0n) is 18.4. The maximum atomic E-state index is 14.0. The Morgan fingerprint density at radius 2 is 1.62 bits per heavy atom. The molecule has 0 aliphatic carbocycles. The maximum Gasteiger partial charge on any atom is 0.223 e. The minimum atomic E-state index is -0.270. The van der Waals surface area contributed by atoms with Crippen LogP contribution in [0.5, 0.6) is 0 Å². The van der Waals surface area contributed by atoms with Crippen LogP contribution < -0.4 is 5.32 Å². The van der Waals surface area contributed by atoms with E-state index in [1.807, 2.05) is 0 Å². The number of halogens is 2. The number of hydrogen-bond donors (Lipinski definition) is 1. The minimum absolute atomic E-state index is 0.00272. The third kappa shape index (κ3) is 6.29. The molecule has 2 aliphatic heterocycles. The lowest BCUT2D eigenvalue weighted by atomic mass is 9.95. The number of amides is 1. The number of benzene rings is 2. The number of likely N-dealkylation sites (tertiary alicyclic amines) is 1. The molecular formula is C25H31ClFN3O2. The van der Waals surface area contributed by atoms with Gasteiger partial charge in [0.1, 0.15) is 5.82 Å². The van der Waals surface area contributed by atoms with Gasteiger partial charge in [-0.2, -0.15) is 0 Å². The first-order valence-electron chi connectivity index (χ1n) is 11.4. The fraction of sp³-hybridized carbons (Fsp3) is 0.480. The van der Waals surface area contributed by atoms with Gasteiger partial charge in [-0.25, -0.2) is 4.39 Å². The van der Waals surface area contributed by atoms with Crippen LogP contribution in [-0.4, -0.2) is 55.1 Å². The van der Waals surface area contributed by atoms with Crippen LogP contribution in [0.1, 0.15) is 29.5 Å². The highest BCUT2D eigenvalue weighted by molar-refractivity contribution is 6.31. The van der Waals surface area contributed by atoms with Gasteiger partial charge in [0.05, 0.1) is 13.2 Å². The Balaban J connectivity index is 1.19. The molecule has 2 heterocycles. The van der Waals surface area contributed by atoms with Crippen molar-refractivity contribution >= 4 is 17.5 Å². The number of hydrogen-bond acceptors (Lipinski definition) is 4. The van der Waals surface area contributed by atoms with Crippen molar-refractivity contribution in [1.82, 2.24) is 15.1 Å². The summed E-state index contributed by atoms with van der Waals surface area (Å²) in [5.74, 6) is -0.165. The zero-order valence-corrected chi connectivity index (χ0v) is 19.1. The summed E-state index contributed by atoms with van der Waals surface area (Å²) in [7, 11) is 0. The van der Waals surface area contributed by atoms with Gasteiger partial charge in [0.25, 0.3) is 0 Å². The van der Waals surface area contributed by atoms with E-state index in [1.54, 1.807) is 12.1 Å². The van der Waals surface area contributed by atoms with E-state index in [1.165, 1.54) is 11.6 Å². The van der Waals surface area contributed by atoms with Gasteiger partial charge in [-0.15, -0.1) is 0 Å². The molecule has 7 heteroatoms. The first-order valence-corrected chi connectivity index (χ1v) is 11.8. The highest BCUT2D eigenvalue weighted by Gasteiger charge is 2.25. The van der Waals surface area contributed by atoms with E-state index in [2.05, 4.69) is 39.4 Å². The second kappa shape index (κ2) is 11.2. The highest BCUT2D eigenvalue weighted by Crippen LogP contribution is 2.24. The summed E-state index contributed by atoms with van der Waals surface area (Å²) in [5.41, 5.74) is 2.93.